The van der Waals surface area contributed by atoms with Crippen molar-refractivity contribution in [2.75, 3.05) is 19.6 Å². The summed E-state index contributed by atoms with van der Waals surface area (Å²) < 4.78 is 1.69. The number of aromatic nitrogens is 3. The molecule has 36 heavy (non-hydrogen) atoms. The third-order valence-corrected chi connectivity index (χ3v) is 8.12. The molecule has 0 amide bonds. The normalized spacial score (nSPS) is 19.0. The number of hydrogen-bond donors (Lipinski definition) is 1. The van der Waals surface area contributed by atoms with E-state index in [0.29, 0.717) is 12.5 Å². The Kier molecular flexibility index (Phi) is 6.23. The molecule has 2 aliphatic heterocycles. The van der Waals surface area contributed by atoms with Crippen molar-refractivity contribution in [1.29, 1.82) is 0 Å². The van der Waals surface area contributed by atoms with Crippen molar-refractivity contribution in [2.45, 2.75) is 58.7 Å². The standard InChI is InChI=1S/C30H35N5O/c1-21-8-3-5-10-23(21)17-33-14-7-12-25(19-33)28-16-29-31-27-13-15-34(18-24-11-6-4-9-22(24)2)20-26(27)30(36)35(29)32-28/h3-6,8-11,16,25,32H,7,12-15,17-20H2,1-2H3/t25-/m1/s1. The van der Waals surface area contributed by atoms with Gasteiger partial charge in [-0.3, -0.25) is 19.7 Å². The first-order valence-corrected chi connectivity index (χ1v) is 13.2. The minimum Gasteiger partial charge on any atom is -0.298 e. The number of hydrogen-bond acceptors (Lipinski definition) is 4. The molecule has 1 N–H and O–H groups in total. The number of aromatic amines is 1. The molecule has 186 valence electrons. The van der Waals surface area contributed by atoms with Gasteiger partial charge < -0.3 is 0 Å². The largest absolute Gasteiger partial charge is 0.298 e. The van der Waals surface area contributed by atoms with Crippen LogP contribution in [0, 0.1) is 13.8 Å². The van der Waals surface area contributed by atoms with Crippen LogP contribution in [-0.4, -0.2) is 44.0 Å². The Bertz CT molecular complexity index is 1450. The summed E-state index contributed by atoms with van der Waals surface area (Å²) in [6.45, 7) is 9.89. The molecule has 0 bridgehead atoms. The van der Waals surface area contributed by atoms with Crippen LogP contribution in [0.1, 0.15) is 58.0 Å². The van der Waals surface area contributed by atoms with Gasteiger partial charge in [0, 0.05) is 56.8 Å². The maximum Gasteiger partial charge on any atom is 0.277 e. The summed E-state index contributed by atoms with van der Waals surface area (Å²) in [6, 6.07) is 19.3. The van der Waals surface area contributed by atoms with Crippen LogP contribution in [0.4, 0.5) is 0 Å². The van der Waals surface area contributed by atoms with E-state index in [0.717, 1.165) is 68.2 Å². The number of H-pyrrole nitrogens is 1. The number of aryl methyl sites for hydroxylation is 2. The Morgan fingerprint density at radius 2 is 1.64 bits per heavy atom. The van der Waals surface area contributed by atoms with E-state index in [-0.39, 0.29) is 5.56 Å². The second-order valence-corrected chi connectivity index (χ2v) is 10.6. The summed E-state index contributed by atoms with van der Waals surface area (Å²) in [5, 5.41) is 3.45. The maximum absolute atomic E-state index is 13.5. The third-order valence-electron chi connectivity index (χ3n) is 8.12. The molecule has 6 rings (SSSR count). The van der Waals surface area contributed by atoms with Crippen LogP contribution in [0.3, 0.4) is 0 Å². The molecule has 2 aromatic carbocycles. The number of nitrogens with zero attached hydrogens (tertiary/aromatic N) is 4. The van der Waals surface area contributed by atoms with Crippen molar-refractivity contribution in [3.8, 4) is 0 Å². The molecule has 0 aliphatic carbocycles. The lowest BCUT2D eigenvalue weighted by Gasteiger charge is -2.32. The minimum absolute atomic E-state index is 0.0586. The Hall–Kier alpha value is -3.22. The quantitative estimate of drug-likeness (QED) is 0.453. The number of fused-ring (bicyclic) bond motifs is 2. The van der Waals surface area contributed by atoms with Crippen LogP contribution in [0.25, 0.3) is 5.65 Å². The number of likely N-dealkylation sites (tertiary alicyclic amines) is 1. The van der Waals surface area contributed by atoms with Gasteiger partial charge in [0.05, 0.1) is 11.3 Å². The molecule has 6 nitrogen and oxygen atoms in total. The highest BCUT2D eigenvalue weighted by atomic mass is 16.1. The zero-order valence-corrected chi connectivity index (χ0v) is 21.3. The predicted molar refractivity (Wildman–Crippen MR) is 143 cm³/mol. The lowest BCUT2D eigenvalue weighted by atomic mass is 9.94. The maximum atomic E-state index is 13.5. The van der Waals surface area contributed by atoms with E-state index in [1.165, 1.54) is 28.7 Å². The van der Waals surface area contributed by atoms with Crippen LogP contribution in [-0.2, 0) is 26.1 Å². The van der Waals surface area contributed by atoms with Gasteiger partial charge in [-0.05, 0) is 55.5 Å². The average molecular weight is 482 g/mol. The first kappa shape index (κ1) is 23.2. The van der Waals surface area contributed by atoms with Crippen molar-refractivity contribution in [1.82, 2.24) is 24.4 Å². The Morgan fingerprint density at radius 1 is 0.944 bits per heavy atom. The van der Waals surface area contributed by atoms with E-state index in [1.807, 2.05) is 0 Å². The fourth-order valence-corrected chi connectivity index (χ4v) is 5.91. The molecular formula is C30H35N5O. The van der Waals surface area contributed by atoms with E-state index in [2.05, 4.69) is 83.3 Å². The van der Waals surface area contributed by atoms with Gasteiger partial charge in [0.1, 0.15) is 0 Å². The van der Waals surface area contributed by atoms with Gasteiger partial charge in [-0.25, -0.2) is 9.50 Å². The van der Waals surface area contributed by atoms with Gasteiger partial charge in [0.25, 0.3) is 5.56 Å². The van der Waals surface area contributed by atoms with Crippen molar-refractivity contribution in [2.24, 2.45) is 0 Å². The zero-order valence-electron chi connectivity index (χ0n) is 21.3. The van der Waals surface area contributed by atoms with Gasteiger partial charge in [0.15, 0.2) is 5.65 Å². The summed E-state index contributed by atoms with van der Waals surface area (Å²) in [5.74, 6) is 0.387. The third kappa shape index (κ3) is 4.51. The molecule has 1 fully saturated rings. The average Bonchev–Trinajstić information content (AvgIpc) is 3.32. The Labute approximate surface area is 212 Å². The molecule has 6 heteroatoms. The number of nitrogens with one attached hydrogen (secondary N) is 1. The molecule has 0 spiro atoms. The SMILES string of the molecule is Cc1ccccc1CN1CCc2nc3cc([C@@H]4CCCN(Cc5ccccc5C)C4)[nH]n3c(=O)c2C1. The molecule has 0 radical (unpaired) electrons. The topological polar surface area (TPSA) is 56.6 Å². The van der Waals surface area contributed by atoms with Crippen LogP contribution in [0.15, 0.2) is 59.4 Å². The van der Waals surface area contributed by atoms with Crippen LogP contribution >= 0.6 is 0 Å². The van der Waals surface area contributed by atoms with Crippen LogP contribution in [0.2, 0.25) is 0 Å². The van der Waals surface area contributed by atoms with Gasteiger partial charge >= 0.3 is 0 Å². The van der Waals surface area contributed by atoms with Crippen molar-refractivity contribution in [3.05, 3.63) is 104 Å². The smallest absolute Gasteiger partial charge is 0.277 e. The lowest BCUT2D eigenvalue weighted by molar-refractivity contribution is 0.198. The summed E-state index contributed by atoms with van der Waals surface area (Å²) >= 11 is 0. The first-order chi connectivity index (χ1) is 17.5. The van der Waals surface area contributed by atoms with Gasteiger partial charge in [-0.2, -0.15) is 0 Å². The first-order valence-electron chi connectivity index (χ1n) is 13.2. The van der Waals surface area contributed by atoms with Crippen LogP contribution in [0.5, 0.6) is 0 Å². The van der Waals surface area contributed by atoms with Gasteiger partial charge in [0.2, 0.25) is 0 Å². The van der Waals surface area contributed by atoms with Crippen molar-refractivity contribution < 1.29 is 0 Å². The second kappa shape index (κ2) is 9.68. The highest BCUT2D eigenvalue weighted by Gasteiger charge is 2.26. The van der Waals surface area contributed by atoms with E-state index in [4.69, 9.17) is 4.98 Å². The van der Waals surface area contributed by atoms with E-state index >= 15 is 0 Å². The molecule has 0 unspecified atom stereocenters. The molecule has 2 aromatic heterocycles. The molecule has 2 aliphatic rings. The molecule has 0 saturated carbocycles. The lowest BCUT2D eigenvalue weighted by Crippen LogP contribution is -2.36. The van der Waals surface area contributed by atoms with E-state index in [9.17, 15) is 4.79 Å². The molecule has 4 aromatic rings. The summed E-state index contributed by atoms with van der Waals surface area (Å²) in [7, 11) is 0. The molecule has 4 heterocycles. The Balaban J connectivity index is 1.22. The van der Waals surface area contributed by atoms with E-state index in [1.54, 1.807) is 4.52 Å². The fraction of sp³-hybridized carbons (Fsp3) is 0.400. The molecular weight excluding hydrogens is 446 g/mol. The van der Waals surface area contributed by atoms with Gasteiger partial charge in [-0.1, -0.05) is 48.5 Å². The monoisotopic (exact) mass is 481 g/mol. The van der Waals surface area contributed by atoms with Crippen LogP contribution < -0.4 is 5.56 Å². The molecule has 1 saturated heterocycles. The summed E-state index contributed by atoms with van der Waals surface area (Å²) in [6.07, 6.45) is 3.12. The highest BCUT2D eigenvalue weighted by molar-refractivity contribution is 5.43. The molecule has 1 atom stereocenters. The number of piperidine rings is 1. The summed E-state index contributed by atoms with van der Waals surface area (Å²) in [5.41, 5.74) is 9.13. The number of benzene rings is 2. The van der Waals surface area contributed by atoms with Crippen molar-refractivity contribution >= 4 is 5.65 Å². The summed E-state index contributed by atoms with van der Waals surface area (Å²) in [4.78, 5) is 23.4. The minimum atomic E-state index is 0.0586. The van der Waals surface area contributed by atoms with Gasteiger partial charge in [-0.15, -0.1) is 0 Å². The van der Waals surface area contributed by atoms with Crippen molar-refractivity contribution in [3.63, 3.8) is 0 Å². The Morgan fingerprint density at radius 3 is 2.36 bits per heavy atom. The fourth-order valence-electron chi connectivity index (χ4n) is 5.91. The number of rotatable bonds is 5. The second-order valence-electron chi connectivity index (χ2n) is 10.6. The van der Waals surface area contributed by atoms with E-state index < -0.39 is 0 Å². The highest BCUT2D eigenvalue weighted by Crippen LogP contribution is 2.28. The zero-order chi connectivity index (χ0) is 24.6. The predicted octanol–water partition coefficient (Wildman–Crippen LogP) is 4.58.